The second kappa shape index (κ2) is 8.21. The number of amides is 3. The third kappa shape index (κ3) is 4.65. The van der Waals surface area contributed by atoms with Crippen LogP contribution in [0.25, 0.3) is 0 Å². The number of carbonyl (C=O) groups excluding carboxylic acids is 3. The molecule has 1 unspecified atom stereocenters. The molecule has 3 rings (SSSR count). The van der Waals surface area contributed by atoms with E-state index >= 15 is 0 Å². The first-order valence-electron chi connectivity index (χ1n) is 9.56. The Morgan fingerprint density at radius 2 is 2.00 bits per heavy atom. The third-order valence-electron chi connectivity index (χ3n) is 5.08. The van der Waals surface area contributed by atoms with E-state index in [9.17, 15) is 22.8 Å². The van der Waals surface area contributed by atoms with Crippen molar-refractivity contribution in [1.82, 2.24) is 19.2 Å². The molecule has 0 radical (unpaired) electrons. The molecule has 29 heavy (non-hydrogen) atoms. The smallest absolute Gasteiger partial charge is 0.279 e. The van der Waals surface area contributed by atoms with Crippen LogP contribution in [0, 0.1) is 5.92 Å². The van der Waals surface area contributed by atoms with Gasteiger partial charge in [-0.1, -0.05) is 26.0 Å². The number of piperidine rings is 1. The Morgan fingerprint density at radius 3 is 2.66 bits per heavy atom. The Hall–Kier alpha value is -2.30. The number of imide groups is 1. The molecule has 1 aromatic carbocycles. The highest BCUT2D eigenvalue weighted by Crippen LogP contribution is 2.28. The number of fused-ring (bicyclic) bond motifs is 1. The fraction of sp³-hybridized carbons (Fsp3) is 0.526. The summed E-state index contributed by atoms with van der Waals surface area (Å²) >= 11 is 0. The standard InChI is InChI=1S/C19H26N4O5S/c1-12(2)10-22(3)29(27,28)20-9-13-4-5-14-11-23(19(26)15(14)8-13)16-6-7-17(24)21-18(16)25/h4-5,8,12,16,20H,6-7,9-11H2,1-3H3,(H,21,24,25). The number of nitrogens with one attached hydrogen (secondary N) is 2. The molecule has 158 valence electrons. The second-order valence-electron chi connectivity index (χ2n) is 7.89. The molecular weight excluding hydrogens is 396 g/mol. The van der Waals surface area contributed by atoms with Gasteiger partial charge in [-0.2, -0.15) is 17.4 Å². The van der Waals surface area contributed by atoms with Crippen LogP contribution in [0.3, 0.4) is 0 Å². The van der Waals surface area contributed by atoms with Crippen molar-refractivity contribution in [2.75, 3.05) is 13.6 Å². The molecule has 3 amide bonds. The molecule has 0 spiro atoms. The lowest BCUT2D eigenvalue weighted by Gasteiger charge is -2.29. The Kier molecular flexibility index (Phi) is 6.06. The van der Waals surface area contributed by atoms with Crippen molar-refractivity contribution in [1.29, 1.82) is 0 Å². The molecule has 0 aromatic heterocycles. The number of benzene rings is 1. The summed E-state index contributed by atoms with van der Waals surface area (Å²) in [7, 11) is -2.10. The Balaban J connectivity index is 1.69. The molecule has 0 saturated carbocycles. The number of rotatable bonds is 7. The lowest BCUT2D eigenvalue weighted by molar-refractivity contribution is -0.136. The number of hydrogen-bond acceptors (Lipinski definition) is 5. The van der Waals surface area contributed by atoms with Crippen LogP contribution in [0.4, 0.5) is 0 Å². The first-order chi connectivity index (χ1) is 13.6. The van der Waals surface area contributed by atoms with Crippen molar-refractivity contribution < 1.29 is 22.8 Å². The van der Waals surface area contributed by atoms with Gasteiger partial charge < -0.3 is 4.90 Å². The number of carbonyl (C=O) groups is 3. The van der Waals surface area contributed by atoms with Crippen LogP contribution >= 0.6 is 0 Å². The molecule has 9 nitrogen and oxygen atoms in total. The highest BCUT2D eigenvalue weighted by molar-refractivity contribution is 7.87. The predicted octanol–water partition coefficient (Wildman–Crippen LogP) is 0.370. The van der Waals surface area contributed by atoms with E-state index in [4.69, 9.17) is 0 Å². The minimum Gasteiger partial charge on any atom is -0.322 e. The largest absolute Gasteiger partial charge is 0.322 e. The molecule has 1 atom stereocenters. The first kappa shape index (κ1) is 21.4. The van der Waals surface area contributed by atoms with Crippen LogP contribution in [0.5, 0.6) is 0 Å². The highest BCUT2D eigenvalue weighted by Gasteiger charge is 2.39. The van der Waals surface area contributed by atoms with Crippen LogP contribution in [0.15, 0.2) is 18.2 Å². The van der Waals surface area contributed by atoms with Gasteiger partial charge in [-0.05, 0) is 29.5 Å². The van der Waals surface area contributed by atoms with Gasteiger partial charge in [-0.25, -0.2) is 0 Å². The van der Waals surface area contributed by atoms with E-state index in [-0.39, 0.29) is 30.7 Å². The molecule has 1 saturated heterocycles. The molecule has 2 N–H and O–H groups in total. The monoisotopic (exact) mass is 422 g/mol. The molecule has 2 aliphatic rings. The summed E-state index contributed by atoms with van der Waals surface area (Å²) in [5.74, 6) is -0.861. The highest BCUT2D eigenvalue weighted by atomic mass is 32.2. The molecular formula is C19H26N4O5S. The Labute approximate surface area is 170 Å². The van der Waals surface area contributed by atoms with Crippen LogP contribution < -0.4 is 10.0 Å². The zero-order valence-electron chi connectivity index (χ0n) is 16.8. The quantitative estimate of drug-likeness (QED) is 0.616. The maximum atomic E-state index is 12.8. The molecule has 1 fully saturated rings. The van der Waals surface area contributed by atoms with E-state index < -0.39 is 22.2 Å². The van der Waals surface area contributed by atoms with Crippen molar-refractivity contribution in [3.8, 4) is 0 Å². The zero-order chi connectivity index (χ0) is 21.3. The molecule has 10 heteroatoms. The lowest BCUT2D eigenvalue weighted by atomic mass is 10.0. The van der Waals surface area contributed by atoms with Crippen LogP contribution in [0.2, 0.25) is 0 Å². The fourth-order valence-electron chi connectivity index (χ4n) is 3.61. The maximum Gasteiger partial charge on any atom is 0.279 e. The number of hydrogen-bond donors (Lipinski definition) is 2. The SMILES string of the molecule is CC(C)CN(C)S(=O)(=O)NCc1ccc2c(c1)C(=O)N(C1CCC(=O)NC1=O)C2. The minimum atomic E-state index is -3.62. The summed E-state index contributed by atoms with van der Waals surface area (Å²) in [5, 5.41) is 2.27. The van der Waals surface area contributed by atoms with Crippen LogP contribution in [-0.2, 0) is 32.9 Å². The van der Waals surface area contributed by atoms with Crippen molar-refractivity contribution in [2.24, 2.45) is 5.92 Å². The predicted molar refractivity (Wildman–Crippen MR) is 106 cm³/mol. The van der Waals surface area contributed by atoms with E-state index in [1.54, 1.807) is 18.2 Å². The Morgan fingerprint density at radius 1 is 1.28 bits per heavy atom. The van der Waals surface area contributed by atoms with Crippen molar-refractivity contribution >= 4 is 27.9 Å². The van der Waals surface area contributed by atoms with Gasteiger partial charge in [0.1, 0.15) is 6.04 Å². The van der Waals surface area contributed by atoms with Gasteiger partial charge in [0.15, 0.2) is 0 Å². The second-order valence-corrected chi connectivity index (χ2v) is 9.75. The average Bonchev–Trinajstić information content (AvgIpc) is 2.96. The van der Waals surface area contributed by atoms with Gasteiger partial charge in [0, 0.05) is 38.7 Å². The van der Waals surface area contributed by atoms with Gasteiger partial charge >= 0.3 is 0 Å². The zero-order valence-corrected chi connectivity index (χ0v) is 17.6. The Bertz CT molecular complexity index is 944. The maximum absolute atomic E-state index is 12.8. The normalized spacial score (nSPS) is 19.8. The van der Waals surface area contributed by atoms with Crippen LogP contribution in [0.1, 0.15) is 48.2 Å². The number of nitrogens with zero attached hydrogens (tertiary/aromatic N) is 2. The molecule has 1 aromatic rings. The summed E-state index contributed by atoms with van der Waals surface area (Å²) < 4.78 is 28.5. The van der Waals surface area contributed by atoms with Gasteiger partial charge in [0.05, 0.1) is 0 Å². The molecule has 2 aliphatic heterocycles. The van der Waals surface area contributed by atoms with Crippen molar-refractivity contribution in [2.45, 2.75) is 45.8 Å². The van der Waals surface area contributed by atoms with E-state index in [1.165, 1.54) is 16.3 Å². The van der Waals surface area contributed by atoms with Gasteiger partial charge in [-0.3, -0.25) is 19.7 Å². The van der Waals surface area contributed by atoms with E-state index in [0.29, 0.717) is 30.6 Å². The topological polar surface area (TPSA) is 116 Å². The van der Waals surface area contributed by atoms with Gasteiger partial charge in [-0.15, -0.1) is 0 Å². The fourth-order valence-corrected chi connectivity index (χ4v) is 4.67. The molecule has 0 aliphatic carbocycles. The molecule has 2 heterocycles. The van der Waals surface area contributed by atoms with E-state index in [0.717, 1.165) is 5.56 Å². The molecule has 0 bridgehead atoms. The van der Waals surface area contributed by atoms with Crippen molar-refractivity contribution in [3.05, 3.63) is 34.9 Å². The van der Waals surface area contributed by atoms with Gasteiger partial charge in [0.25, 0.3) is 16.1 Å². The van der Waals surface area contributed by atoms with Crippen LogP contribution in [-0.4, -0.2) is 55.0 Å². The van der Waals surface area contributed by atoms with E-state index in [2.05, 4.69) is 10.0 Å². The van der Waals surface area contributed by atoms with E-state index in [1.807, 2.05) is 13.8 Å². The summed E-state index contributed by atoms with van der Waals surface area (Å²) in [6.07, 6.45) is 0.507. The lowest BCUT2D eigenvalue weighted by Crippen LogP contribution is -2.52. The summed E-state index contributed by atoms with van der Waals surface area (Å²) in [5.41, 5.74) is 1.90. The van der Waals surface area contributed by atoms with Crippen molar-refractivity contribution in [3.63, 3.8) is 0 Å². The average molecular weight is 423 g/mol. The first-order valence-corrected chi connectivity index (χ1v) is 11.0. The summed E-state index contributed by atoms with van der Waals surface area (Å²) in [6, 6.07) is 4.54. The summed E-state index contributed by atoms with van der Waals surface area (Å²) in [6.45, 7) is 4.63. The van der Waals surface area contributed by atoms with Gasteiger partial charge in [0.2, 0.25) is 11.8 Å². The summed E-state index contributed by atoms with van der Waals surface area (Å²) in [4.78, 5) is 37.7. The third-order valence-corrected chi connectivity index (χ3v) is 6.56. The minimum absolute atomic E-state index is 0.0593.